The summed E-state index contributed by atoms with van der Waals surface area (Å²) in [5, 5.41) is 0. The predicted octanol–water partition coefficient (Wildman–Crippen LogP) is 3.27. The first kappa shape index (κ1) is 11.6. The maximum atomic E-state index is 12.1. The Hall–Kier alpha value is -0.390. The molecule has 0 aromatic carbocycles. The third-order valence-electron chi connectivity index (χ3n) is 0.991. The van der Waals surface area contributed by atoms with Crippen molar-refractivity contribution in [3.05, 3.63) is 11.6 Å². The molecule has 7 heteroatoms. The van der Waals surface area contributed by atoms with Crippen molar-refractivity contribution in [1.82, 2.24) is 0 Å². The van der Waals surface area contributed by atoms with Crippen LogP contribution < -0.4 is 0 Å². The van der Waals surface area contributed by atoms with E-state index in [-0.39, 0.29) is 5.54 Å². The number of alkyl halides is 6. The van der Waals surface area contributed by atoms with E-state index < -0.39 is 24.3 Å². The number of allylic oxidation sites excluding steroid dienone is 1. The number of rotatable bonds is 3. The molecule has 12 heavy (non-hydrogen) atoms. The Morgan fingerprint density at radius 2 is 1.50 bits per heavy atom. The molecule has 0 amide bonds. The largest absolute Gasteiger partial charge is 0.372 e. The highest BCUT2D eigenvalue weighted by molar-refractivity contribution is 6.25. The van der Waals surface area contributed by atoms with Crippen molar-refractivity contribution in [2.24, 2.45) is 0 Å². The molecule has 0 aromatic rings. The van der Waals surface area contributed by atoms with Gasteiger partial charge in [-0.15, -0.1) is 0 Å². The third-order valence-corrected chi connectivity index (χ3v) is 1.12. The van der Waals surface area contributed by atoms with E-state index in [0.717, 1.165) is 0 Å². The highest BCUT2D eigenvalue weighted by Crippen LogP contribution is 2.39. The van der Waals surface area contributed by atoms with Gasteiger partial charge in [-0.05, 0) is 0 Å². The van der Waals surface area contributed by atoms with E-state index in [9.17, 15) is 26.3 Å². The summed E-state index contributed by atoms with van der Waals surface area (Å²) in [5.74, 6) is -10.3. The molecule has 0 aromatic heterocycles. The zero-order chi connectivity index (χ0) is 9.99. The van der Waals surface area contributed by atoms with Gasteiger partial charge >= 0.3 is 18.3 Å². The third kappa shape index (κ3) is 2.06. The van der Waals surface area contributed by atoms with Crippen LogP contribution in [0.4, 0.5) is 26.3 Å². The van der Waals surface area contributed by atoms with Gasteiger partial charge in [0, 0.05) is 11.6 Å². The molecule has 0 saturated carbocycles. The zero-order valence-electron chi connectivity index (χ0n) is 5.38. The Morgan fingerprint density at radius 1 is 1.08 bits per heavy atom. The van der Waals surface area contributed by atoms with Crippen LogP contribution in [0.2, 0.25) is 0 Å². The first-order valence-corrected chi connectivity index (χ1v) is 3.01. The topological polar surface area (TPSA) is 0 Å². The normalized spacial score (nSPS) is 14.7. The molecule has 0 spiro atoms. The predicted molar refractivity (Wildman–Crippen MR) is 30.9 cm³/mol. The minimum Gasteiger partial charge on any atom is -0.203 e. The summed E-state index contributed by atoms with van der Waals surface area (Å²) < 4.78 is 70.6. The molecular formula is C5H3ClF6. The fourth-order valence-electron chi connectivity index (χ4n) is 0.336. The van der Waals surface area contributed by atoms with Crippen molar-refractivity contribution >= 4 is 11.6 Å². The zero-order valence-corrected chi connectivity index (χ0v) is 6.13. The van der Waals surface area contributed by atoms with E-state index in [2.05, 4.69) is 11.6 Å². The van der Waals surface area contributed by atoms with Crippen molar-refractivity contribution in [2.75, 3.05) is 0 Å². The van der Waals surface area contributed by atoms with Crippen LogP contribution in [-0.2, 0) is 0 Å². The molecule has 0 aliphatic heterocycles. The lowest BCUT2D eigenvalue weighted by Gasteiger charge is -2.22. The van der Waals surface area contributed by atoms with E-state index >= 15 is 0 Å². The molecule has 0 unspecified atom stereocenters. The average molecular weight is 213 g/mol. The second-order valence-corrected chi connectivity index (χ2v) is 2.09. The van der Waals surface area contributed by atoms with Crippen LogP contribution in [0.5, 0.6) is 0 Å². The van der Waals surface area contributed by atoms with Crippen molar-refractivity contribution in [1.29, 1.82) is 0 Å². The van der Waals surface area contributed by atoms with Crippen LogP contribution in [0.25, 0.3) is 0 Å². The van der Waals surface area contributed by atoms with Crippen molar-refractivity contribution in [3.63, 3.8) is 0 Å². The lowest BCUT2D eigenvalue weighted by Crippen LogP contribution is -2.44. The molecule has 0 saturated heterocycles. The quantitative estimate of drug-likeness (QED) is 0.630. The van der Waals surface area contributed by atoms with E-state index in [4.69, 9.17) is 0 Å². The molecule has 0 fully saturated rings. The average Bonchev–Trinajstić information content (AvgIpc) is 1.86. The van der Waals surface area contributed by atoms with Crippen LogP contribution in [0.3, 0.4) is 0 Å². The van der Waals surface area contributed by atoms with Gasteiger partial charge in [-0.2, -0.15) is 17.6 Å². The molecule has 0 rings (SSSR count). The highest BCUT2D eigenvalue weighted by Gasteiger charge is 2.61. The number of hydrogen-bond acceptors (Lipinski definition) is 0. The van der Waals surface area contributed by atoms with Crippen LogP contribution in [0, 0.1) is 0 Å². The van der Waals surface area contributed by atoms with Gasteiger partial charge < -0.3 is 0 Å². The summed E-state index contributed by atoms with van der Waals surface area (Å²) in [5.41, 5.74) is 0.0658. The summed E-state index contributed by atoms with van der Waals surface area (Å²) in [6.07, 6.45) is -4.92. The van der Waals surface area contributed by atoms with Gasteiger partial charge in [0.25, 0.3) is 0 Å². The van der Waals surface area contributed by atoms with Crippen molar-refractivity contribution < 1.29 is 26.3 Å². The number of halogens is 7. The van der Waals surface area contributed by atoms with Crippen LogP contribution in [-0.4, -0.2) is 18.3 Å². The monoisotopic (exact) mass is 212 g/mol. The van der Waals surface area contributed by atoms with E-state index in [1.54, 1.807) is 0 Å². The van der Waals surface area contributed by atoms with E-state index in [1.807, 2.05) is 0 Å². The molecule has 0 bridgehead atoms. The second-order valence-electron chi connectivity index (χ2n) is 1.84. The fourth-order valence-corrected chi connectivity index (χ4v) is 0.494. The smallest absolute Gasteiger partial charge is 0.203 e. The number of hydrogen-bond donors (Lipinski definition) is 0. The minimum absolute atomic E-state index is 0.0658. The van der Waals surface area contributed by atoms with Gasteiger partial charge in [-0.1, -0.05) is 11.6 Å². The van der Waals surface area contributed by atoms with Crippen LogP contribution in [0.1, 0.15) is 0 Å². The molecule has 0 aliphatic carbocycles. The van der Waals surface area contributed by atoms with Gasteiger partial charge in [-0.3, -0.25) is 0 Å². The van der Waals surface area contributed by atoms with Gasteiger partial charge in [0.2, 0.25) is 0 Å². The molecule has 0 atom stereocenters. The van der Waals surface area contributed by atoms with Crippen molar-refractivity contribution in [3.8, 4) is 0 Å². The fraction of sp³-hybridized carbons (Fsp3) is 0.600. The van der Waals surface area contributed by atoms with Crippen LogP contribution in [0.15, 0.2) is 11.6 Å². The Kier molecular flexibility index (Phi) is 3.44. The first-order chi connectivity index (χ1) is 5.25. The summed E-state index contributed by atoms with van der Waals surface area (Å²) in [7, 11) is 0. The minimum atomic E-state index is -5.39. The van der Waals surface area contributed by atoms with Gasteiger partial charge in [0.15, 0.2) is 0 Å². The Morgan fingerprint density at radius 3 is 1.75 bits per heavy atom. The molecule has 0 radical (unpaired) electrons. The summed E-state index contributed by atoms with van der Waals surface area (Å²) >= 11 is 4.56. The second kappa shape index (κ2) is 3.55. The van der Waals surface area contributed by atoms with Gasteiger partial charge in [0.1, 0.15) is 0 Å². The Balaban J connectivity index is 4.74. The molecule has 0 N–H and O–H groups in total. The molecular weight excluding hydrogens is 209 g/mol. The summed E-state index contributed by atoms with van der Waals surface area (Å²) in [4.78, 5) is 0. The molecule has 72 valence electrons. The maximum Gasteiger partial charge on any atom is 0.372 e. The van der Waals surface area contributed by atoms with Crippen molar-refractivity contribution in [2.45, 2.75) is 18.3 Å². The van der Waals surface area contributed by atoms with E-state index in [0.29, 0.717) is 0 Å². The SMILES string of the molecule is FC(F)C(F)(F)C(F)(F)C=CCl. The Bertz CT molecular complexity index is 175. The summed E-state index contributed by atoms with van der Waals surface area (Å²) in [6.45, 7) is 0. The summed E-state index contributed by atoms with van der Waals surface area (Å²) in [6, 6.07) is 0. The highest BCUT2D eigenvalue weighted by atomic mass is 35.5. The maximum absolute atomic E-state index is 12.1. The molecule has 0 aliphatic rings. The standard InChI is InChI=1S/C5H3ClF6/c6-2-1-4(9,10)5(11,12)3(7)8/h1-3H. The lowest BCUT2D eigenvalue weighted by molar-refractivity contribution is -0.241. The van der Waals surface area contributed by atoms with Gasteiger partial charge in [-0.25, -0.2) is 8.78 Å². The van der Waals surface area contributed by atoms with E-state index in [1.165, 1.54) is 0 Å². The molecule has 0 nitrogen and oxygen atoms in total. The van der Waals surface area contributed by atoms with Gasteiger partial charge in [0.05, 0.1) is 0 Å². The van der Waals surface area contributed by atoms with Crippen LogP contribution >= 0.6 is 11.6 Å². The first-order valence-electron chi connectivity index (χ1n) is 2.57. The molecule has 0 heterocycles. The Labute approximate surface area is 68.8 Å². The lowest BCUT2D eigenvalue weighted by atomic mass is 10.2.